The third-order valence-corrected chi connectivity index (χ3v) is 3.78. The largest absolute Gasteiger partial charge is 0.418 e. The van der Waals surface area contributed by atoms with Gasteiger partial charge in [0.1, 0.15) is 0 Å². The maximum absolute atomic E-state index is 12.9. The van der Waals surface area contributed by atoms with Gasteiger partial charge >= 0.3 is 6.18 Å². The van der Waals surface area contributed by atoms with E-state index >= 15 is 0 Å². The molecule has 0 atom stereocenters. The molecule has 1 fully saturated rings. The summed E-state index contributed by atoms with van der Waals surface area (Å²) in [4.78, 5) is 16.1. The zero-order valence-corrected chi connectivity index (χ0v) is 15.2. The van der Waals surface area contributed by atoms with Crippen LogP contribution in [-0.2, 0) is 11.0 Å². The van der Waals surface area contributed by atoms with Gasteiger partial charge in [-0.1, -0.05) is 12.1 Å². The van der Waals surface area contributed by atoms with E-state index in [0.29, 0.717) is 19.6 Å². The molecule has 10 heteroatoms. The molecule has 0 radical (unpaired) electrons. The topological polar surface area (TPSA) is 61.6 Å². The Bertz CT molecular complexity index is 538. The Morgan fingerprint density at radius 1 is 1.08 bits per heavy atom. The van der Waals surface area contributed by atoms with Gasteiger partial charge in [-0.2, -0.15) is 13.2 Å². The number of nitrogens with one attached hydrogen (secondary N) is 1. The predicted molar refractivity (Wildman–Crippen MR) is 96.5 cm³/mol. The first-order chi connectivity index (χ1) is 10.9. The van der Waals surface area contributed by atoms with Crippen LogP contribution in [0.25, 0.3) is 0 Å². The van der Waals surface area contributed by atoms with E-state index in [4.69, 9.17) is 5.73 Å². The SMILES string of the molecule is Cl.Cl.NCCN1CCN(CC(=O)Nc2ccccc2C(F)(F)F)CC1. The fraction of sp³-hybridized carbons (Fsp3) is 0.533. The average molecular weight is 403 g/mol. The van der Waals surface area contributed by atoms with E-state index in [2.05, 4.69) is 10.2 Å². The number of alkyl halides is 3. The second-order valence-corrected chi connectivity index (χ2v) is 5.50. The smallest absolute Gasteiger partial charge is 0.329 e. The summed E-state index contributed by atoms with van der Waals surface area (Å²) in [5.41, 5.74) is 4.46. The van der Waals surface area contributed by atoms with Crippen LogP contribution in [0.3, 0.4) is 0 Å². The Morgan fingerprint density at radius 2 is 1.64 bits per heavy atom. The minimum Gasteiger partial charge on any atom is -0.329 e. The van der Waals surface area contributed by atoms with Crippen LogP contribution in [0.15, 0.2) is 24.3 Å². The molecule has 0 saturated carbocycles. The number of nitrogens with zero attached hydrogens (tertiary/aromatic N) is 2. The van der Waals surface area contributed by atoms with E-state index in [9.17, 15) is 18.0 Å². The molecule has 1 heterocycles. The molecule has 1 aliphatic heterocycles. The Morgan fingerprint density at radius 3 is 2.20 bits per heavy atom. The number of amides is 1. The Balaban J connectivity index is 0.00000288. The van der Waals surface area contributed by atoms with Gasteiger partial charge in [-0.25, -0.2) is 0 Å². The monoisotopic (exact) mass is 402 g/mol. The van der Waals surface area contributed by atoms with Crippen molar-refractivity contribution >= 4 is 36.4 Å². The highest BCUT2D eigenvalue weighted by Gasteiger charge is 2.33. The molecule has 0 unspecified atom stereocenters. The molecular weight excluding hydrogens is 380 g/mol. The molecule has 1 aromatic rings. The Hall–Kier alpha value is -1.06. The Kier molecular flexibility index (Phi) is 10.4. The number of nitrogens with two attached hydrogens (primary N) is 1. The number of anilines is 1. The van der Waals surface area contributed by atoms with Crippen molar-refractivity contribution in [1.29, 1.82) is 0 Å². The molecule has 3 N–H and O–H groups in total. The number of piperazine rings is 1. The predicted octanol–water partition coefficient (Wildman–Crippen LogP) is 2.06. The van der Waals surface area contributed by atoms with Crippen LogP contribution in [0.4, 0.5) is 18.9 Å². The summed E-state index contributed by atoms with van der Waals surface area (Å²) in [7, 11) is 0. The molecule has 1 aliphatic rings. The number of hydrogen-bond acceptors (Lipinski definition) is 4. The summed E-state index contributed by atoms with van der Waals surface area (Å²) < 4.78 is 38.7. The lowest BCUT2D eigenvalue weighted by molar-refractivity contribution is -0.137. The van der Waals surface area contributed by atoms with E-state index in [1.165, 1.54) is 18.2 Å². The number of benzene rings is 1. The standard InChI is InChI=1S/C15H21F3N4O.2ClH/c16-15(17,18)12-3-1-2-4-13(12)20-14(23)11-22-9-7-21(6-5-19)8-10-22;;/h1-4H,5-11,19H2,(H,20,23);2*1H. The molecule has 1 aromatic carbocycles. The fourth-order valence-electron chi connectivity index (χ4n) is 2.59. The molecular formula is C15H23Cl2F3N4O. The molecule has 0 bridgehead atoms. The van der Waals surface area contributed by atoms with Crippen molar-refractivity contribution in [2.24, 2.45) is 5.73 Å². The molecule has 2 rings (SSSR count). The molecule has 1 amide bonds. The molecule has 0 aliphatic carbocycles. The molecule has 0 spiro atoms. The number of carbonyl (C=O) groups is 1. The van der Waals surface area contributed by atoms with Gasteiger partial charge in [0, 0.05) is 39.3 Å². The fourth-order valence-corrected chi connectivity index (χ4v) is 2.59. The van der Waals surface area contributed by atoms with Gasteiger partial charge in [0.25, 0.3) is 0 Å². The first-order valence-corrected chi connectivity index (χ1v) is 7.51. The third kappa shape index (κ3) is 7.37. The van der Waals surface area contributed by atoms with Crippen molar-refractivity contribution in [3.63, 3.8) is 0 Å². The molecule has 25 heavy (non-hydrogen) atoms. The van der Waals surface area contributed by atoms with Crippen molar-refractivity contribution in [2.75, 3.05) is 51.1 Å². The highest BCUT2D eigenvalue weighted by atomic mass is 35.5. The van der Waals surface area contributed by atoms with Crippen LogP contribution in [0, 0.1) is 0 Å². The third-order valence-electron chi connectivity index (χ3n) is 3.78. The van der Waals surface area contributed by atoms with Crippen LogP contribution in [0.2, 0.25) is 0 Å². The molecule has 1 saturated heterocycles. The summed E-state index contributed by atoms with van der Waals surface area (Å²) in [6.45, 7) is 4.52. The van der Waals surface area contributed by atoms with E-state index < -0.39 is 17.6 Å². The molecule has 5 nitrogen and oxygen atoms in total. The van der Waals surface area contributed by atoms with Crippen LogP contribution >= 0.6 is 24.8 Å². The number of halogens is 5. The van der Waals surface area contributed by atoms with Gasteiger partial charge in [-0.3, -0.25) is 14.6 Å². The molecule has 0 aromatic heterocycles. The normalized spacial score (nSPS) is 15.8. The van der Waals surface area contributed by atoms with Crippen LogP contribution in [0.5, 0.6) is 0 Å². The van der Waals surface area contributed by atoms with Gasteiger partial charge in [0.05, 0.1) is 17.8 Å². The summed E-state index contributed by atoms with van der Waals surface area (Å²) in [6, 6.07) is 4.99. The quantitative estimate of drug-likeness (QED) is 0.791. The lowest BCUT2D eigenvalue weighted by Gasteiger charge is -2.34. The number of carbonyl (C=O) groups excluding carboxylic acids is 1. The van der Waals surface area contributed by atoms with Crippen LogP contribution in [0.1, 0.15) is 5.56 Å². The lowest BCUT2D eigenvalue weighted by Crippen LogP contribution is -2.49. The van der Waals surface area contributed by atoms with Gasteiger partial charge in [0.15, 0.2) is 0 Å². The Labute approximate surface area is 157 Å². The van der Waals surface area contributed by atoms with Crippen molar-refractivity contribution in [3.8, 4) is 0 Å². The maximum Gasteiger partial charge on any atom is 0.418 e. The second kappa shape index (κ2) is 10.8. The van der Waals surface area contributed by atoms with Gasteiger partial charge in [-0.15, -0.1) is 24.8 Å². The maximum atomic E-state index is 12.9. The van der Waals surface area contributed by atoms with E-state index in [0.717, 1.165) is 25.7 Å². The highest BCUT2D eigenvalue weighted by molar-refractivity contribution is 5.93. The summed E-state index contributed by atoms with van der Waals surface area (Å²) in [6.07, 6.45) is -4.49. The summed E-state index contributed by atoms with van der Waals surface area (Å²) in [5, 5.41) is 2.37. The van der Waals surface area contributed by atoms with Crippen molar-refractivity contribution in [3.05, 3.63) is 29.8 Å². The average Bonchev–Trinajstić information content (AvgIpc) is 2.49. The summed E-state index contributed by atoms with van der Waals surface area (Å²) >= 11 is 0. The van der Waals surface area contributed by atoms with E-state index in [1.807, 2.05) is 4.90 Å². The van der Waals surface area contributed by atoms with Crippen LogP contribution in [-0.4, -0.2) is 61.5 Å². The van der Waals surface area contributed by atoms with Crippen molar-refractivity contribution < 1.29 is 18.0 Å². The van der Waals surface area contributed by atoms with Gasteiger partial charge < -0.3 is 11.1 Å². The molecule has 144 valence electrons. The van der Waals surface area contributed by atoms with Gasteiger partial charge in [0.2, 0.25) is 5.91 Å². The number of hydrogen-bond donors (Lipinski definition) is 2. The second-order valence-electron chi connectivity index (χ2n) is 5.50. The summed E-state index contributed by atoms with van der Waals surface area (Å²) in [5.74, 6) is -0.436. The van der Waals surface area contributed by atoms with E-state index in [-0.39, 0.29) is 37.0 Å². The number of para-hydroxylation sites is 1. The minimum absolute atomic E-state index is 0. The van der Waals surface area contributed by atoms with Crippen molar-refractivity contribution in [2.45, 2.75) is 6.18 Å². The highest BCUT2D eigenvalue weighted by Crippen LogP contribution is 2.34. The van der Waals surface area contributed by atoms with Crippen molar-refractivity contribution in [1.82, 2.24) is 9.80 Å². The minimum atomic E-state index is -4.49. The van der Waals surface area contributed by atoms with Crippen LogP contribution < -0.4 is 11.1 Å². The lowest BCUT2D eigenvalue weighted by atomic mass is 10.1. The first-order valence-electron chi connectivity index (χ1n) is 7.51. The zero-order valence-electron chi connectivity index (χ0n) is 13.6. The van der Waals surface area contributed by atoms with E-state index in [1.54, 1.807) is 0 Å². The first kappa shape index (κ1) is 23.9. The zero-order chi connectivity index (χ0) is 16.9. The number of rotatable bonds is 5. The van der Waals surface area contributed by atoms with Gasteiger partial charge in [-0.05, 0) is 12.1 Å².